The minimum absolute atomic E-state index is 0.823. The van der Waals surface area contributed by atoms with E-state index in [0.29, 0.717) is 0 Å². The molecule has 0 aromatic carbocycles. The number of hydrogen-bond acceptors (Lipinski definition) is 4. The van der Waals surface area contributed by atoms with Crippen LogP contribution in [0, 0.1) is 6.92 Å². The van der Waals surface area contributed by atoms with Crippen molar-refractivity contribution in [3.05, 3.63) is 41.3 Å². The molecule has 2 aromatic heterocycles. The van der Waals surface area contributed by atoms with E-state index in [1.165, 1.54) is 11.1 Å². The van der Waals surface area contributed by atoms with Crippen molar-refractivity contribution < 1.29 is 0 Å². The highest BCUT2D eigenvalue weighted by Gasteiger charge is 2.16. The van der Waals surface area contributed by atoms with Crippen LogP contribution in [0.1, 0.15) is 16.8 Å². The van der Waals surface area contributed by atoms with Crippen LogP contribution >= 0.6 is 0 Å². The Kier molecular flexibility index (Phi) is 4.16. The van der Waals surface area contributed by atoms with E-state index in [-0.39, 0.29) is 0 Å². The minimum Gasteiger partial charge on any atom is -0.355 e. The Hall–Kier alpha value is -1.88. The maximum atomic E-state index is 4.51. The van der Waals surface area contributed by atoms with E-state index in [4.69, 9.17) is 0 Å². The molecule has 0 aliphatic rings. The summed E-state index contributed by atoms with van der Waals surface area (Å²) in [4.78, 5) is 6.37. The van der Waals surface area contributed by atoms with Crippen molar-refractivity contribution in [3.63, 3.8) is 0 Å². The van der Waals surface area contributed by atoms with Gasteiger partial charge >= 0.3 is 0 Å². The second-order valence-corrected chi connectivity index (χ2v) is 4.76. The van der Waals surface area contributed by atoms with Crippen molar-refractivity contribution in [1.29, 1.82) is 0 Å². The Morgan fingerprint density at radius 1 is 1.42 bits per heavy atom. The Morgan fingerprint density at radius 3 is 2.84 bits per heavy atom. The summed E-state index contributed by atoms with van der Waals surface area (Å²) >= 11 is 0. The summed E-state index contributed by atoms with van der Waals surface area (Å²) < 4.78 is 1.94. The van der Waals surface area contributed by atoms with Crippen LogP contribution in [-0.4, -0.2) is 28.9 Å². The third-order valence-corrected chi connectivity index (χ3v) is 3.17. The first-order valence-electron chi connectivity index (χ1n) is 6.40. The topological polar surface area (TPSA) is 46.0 Å². The molecule has 102 valence electrons. The lowest BCUT2D eigenvalue weighted by Gasteiger charge is -2.21. The number of rotatable bonds is 5. The fourth-order valence-electron chi connectivity index (χ4n) is 2.39. The Balaban J connectivity index is 2.25. The van der Waals surface area contributed by atoms with E-state index in [9.17, 15) is 0 Å². The van der Waals surface area contributed by atoms with Crippen LogP contribution < -0.4 is 10.2 Å². The average molecular weight is 259 g/mol. The fourth-order valence-corrected chi connectivity index (χ4v) is 2.39. The Morgan fingerprint density at radius 2 is 2.21 bits per heavy atom. The Bertz CT molecular complexity index is 532. The van der Waals surface area contributed by atoms with Crippen LogP contribution in [0.5, 0.6) is 0 Å². The zero-order chi connectivity index (χ0) is 13.8. The first-order chi connectivity index (χ1) is 9.13. The van der Waals surface area contributed by atoms with E-state index in [2.05, 4.69) is 33.4 Å². The van der Waals surface area contributed by atoms with E-state index in [0.717, 1.165) is 24.6 Å². The zero-order valence-electron chi connectivity index (χ0n) is 12.0. The SMILES string of the molecule is CNCc1c(C)nn(C)c1N(C)Cc1cccnc1. The van der Waals surface area contributed by atoms with Crippen LogP contribution in [0.25, 0.3) is 0 Å². The van der Waals surface area contributed by atoms with Crippen molar-refractivity contribution in [2.75, 3.05) is 19.0 Å². The summed E-state index contributed by atoms with van der Waals surface area (Å²) in [6.45, 7) is 3.70. The molecular weight excluding hydrogens is 238 g/mol. The van der Waals surface area contributed by atoms with Gasteiger partial charge in [-0.05, 0) is 25.6 Å². The number of aromatic nitrogens is 3. The third-order valence-electron chi connectivity index (χ3n) is 3.17. The van der Waals surface area contributed by atoms with Crippen molar-refractivity contribution in [2.45, 2.75) is 20.0 Å². The summed E-state index contributed by atoms with van der Waals surface area (Å²) in [5, 5.41) is 7.72. The van der Waals surface area contributed by atoms with Gasteiger partial charge in [-0.3, -0.25) is 9.67 Å². The first-order valence-corrected chi connectivity index (χ1v) is 6.40. The molecule has 2 rings (SSSR count). The molecule has 5 heteroatoms. The largest absolute Gasteiger partial charge is 0.355 e. The van der Waals surface area contributed by atoms with Crippen LogP contribution in [0.15, 0.2) is 24.5 Å². The number of aryl methyl sites for hydroxylation is 2. The van der Waals surface area contributed by atoms with Gasteiger partial charge in [-0.25, -0.2) is 0 Å². The summed E-state index contributed by atoms with van der Waals surface area (Å²) in [5.41, 5.74) is 3.51. The van der Waals surface area contributed by atoms with E-state index < -0.39 is 0 Å². The van der Waals surface area contributed by atoms with Gasteiger partial charge in [0.15, 0.2) is 0 Å². The van der Waals surface area contributed by atoms with E-state index >= 15 is 0 Å². The molecule has 2 aromatic rings. The van der Waals surface area contributed by atoms with E-state index in [1.54, 1.807) is 6.20 Å². The number of nitrogens with zero attached hydrogens (tertiary/aromatic N) is 4. The van der Waals surface area contributed by atoms with Gasteiger partial charge in [-0.1, -0.05) is 6.07 Å². The van der Waals surface area contributed by atoms with E-state index in [1.807, 2.05) is 38.0 Å². The summed E-state index contributed by atoms with van der Waals surface area (Å²) in [6, 6.07) is 4.05. The molecule has 1 N–H and O–H groups in total. The van der Waals surface area contributed by atoms with Gasteiger partial charge < -0.3 is 10.2 Å². The van der Waals surface area contributed by atoms with Gasteiger partial charge in [0.1, 0.15) is 5.82 Å². The van der Waals surface area contributed by atoms with Gasteiger partial charge in [0.05, 0.1) is 5.69 Å². The molecule has 0 saturated carbocycles. The highest BCUT2D eigenvalue weighted by molar-refractivity contribution is 5.49. The molecule has 0 fully saturated rings. The predicted octanol–water partition coefficient (Wildman–Crippen LogP) is 1.48. The van der Waals surface area contributed by atoms with Crippen LogP contribution in [-0.2, 0) is 20.1 Å². The fraction of sp³-hybridized carbons (Fsp3) is 0.429. The molecule has 0 saturated heterocycles. The molecule has 19 heavy (non-hydrogen) atoms. The van der Waals surface area contributed by atoms with Crippen molar-refractivity contribution in [2.24, 2.45) is 7.05 Å². The monoisotopic (exact) mass is 259 g/mol. The van der Waals surface area contributed by atoms with Gasteiger partial charge in [0.2, 0.25) is 0 Å². The van der Waals surface area contributed by atoms with Gasteiger partial charge in [-0.15, -0.1) is 0 Å². The predicted molar refractivity (Wildman–Crippen MR) is 77.1 cm³/mol. The molecule has 2 heterocycles. The molecule has 0 bridgehead atoms. The highest BCUT2D eigenvalue weighted by Crippen LogP contribution is 2.23. The maximum absolute atomic E-state index is 4.51. The quantitative estimate of drug-likeness (QED) is 0.883. The van der Waals surface area contributed by atoms with Gasteiger partial charge in [0, 0.05) is 45.1 Å². The molecule has 0 amide bonds. The van der Waals surface area contributed by atoms with Crippen molar-refractivity contribution >= 4 is 5.82 Å². The molecule has 0 unspecified atom stereocenters. The number of pyridine rings is 1. The second kappa shape index (κ2) is 5.84. The number of anilines is 1. The summed E-state index contributed by atoms with van der Waals surface area (Å²) in [7, 11) is 6.03. The van der Waals surface area contributed by atoms with Crippen molar-refractivity contribution in [3.8, 4) is 0 Å². The standard InChI is InChI=1S/C14H21N5/c1-11-13(9-15-2)14(19(4)17-11)18(3)10-12-6-5-7-16-8-12/h5-8,15H,9-10H2,1-4H3. The number of hydrogen-bond donors (Lipinski definition) is 1. The highest BCUT2D eigenvalue weighted by atomic mass is 15.4. The van der Waals surface area contributed by atoms with Gasteiger partial charge in [-0.2, -0.15) is 5.10 Å². The number of nitrogens with one attached hydrogen (secondary N) is 1. The average Bonchev–Trinajstić information content (AvgIpc) is 2.66. The minimum atomic E-state index is 0.823. The zero-order valence-corrected chi connectivity index (χ0v) is 12.0. The lowest BCUT2D eigenvalue weighted by atomic mass is 10.2. The van der Waals surface area contributed by atoms with Gasteiger partial charge in [0.25, 0.3) is 0 Å². The van der Waals surface area contributed by atoms with Crippen LogP contribution in [0.3, 0.4) is 0 Å². The lowest BCUT2D eigenvalue weighted by molar-refractivity contribution is 0.723. The third kappa shape index (κ3) is 2.93. The smallest absolute Gasteiger partial charge is 0.131 e. The summed E-state index contributed by atoms with van der Waals surface area (Å²) in [5.74, 6) is 1.15. The molecular formula is C14H21N5. The molecule has 0 aliphatic carbocycles. The molecule has 5 nitrogen and oxygen atoms in total. The summed E-state index contributed by atoms with van der Waals surface area (Å²) in [6.07, 6.45) is 3.70. The Labute approximate surface area is 114 Å². The second-order valence-electron chi connectivity index (χ2n) is 4.76. The molecule has 0 atom stereocenters. The first kappa shape index (κ1) is 13.5. The van der Waals surface area contributed by atoms with Crippen molar-refractivity contribution in [1.82, 2.24) is 20.1 Å². The molecule has 0 spiro atoms. The maximum Gasteiger partial charge on any atom is 0.131 e. The normalized spacial score (nSPS) is 10.7. The lowest BCUT2D eigenvalue weighted by Crippen LogP contribution is -2.22. The molecule has 0 aliphatic heterocycles. The van der Waals surface area contributed by atoms with Crippen LogP contribution in [0.2, 0.25) is 0 Å². The molecule has 0 radical (unpaired) electrons. The van der Waals surface area contributed by atoms with Crippen LogP contribution in [0.4, 0.5) is 5.82 Å².